The van der Waals surface area contributed by atoms with Crippen LogP contribution in [-0.4, -0.2) is 10.8 Å². The smallest absolute Gasteiger partial charge is 0.163 e. The van der Waals surface area contributed by atoms with E-state index in [1.807, 2.05) is 26.0 Å². The molecule has 2 rings (SSSR count). The number of nitrogens with zero attached hydrogens (tertiary/aromatic N) is 2. The number of carbonyl (C=O) groups excluding carboxylic acids is 1. The van der Waals surface area contributed by atoms with Gasteiger partial charge in [0.05, 0.1) is 22.9 Å². The zero-order chi connectivity index (χ0) is 15.4. The molecule has 0 saturated carbocycles. The molecule has 0 aliphatic rings. The average Bonchev–Trinajstić information content (AvgIpc) is 2.48. The zero-order valence-corrected chi connectivity index (χ0v) is 12.3. The third kappa shape index (κ3) is 3.26. The molecule has 0 saturated heterocycles. The lowest BCUT2D eigenvalue weighted by atomic mass is 10.1. The van der Waals surface area contributed by atoms with Gasteiger partial charge in [-0.1, -0.05) is 6.92 Å². The molecule has 21 heavy (non-hydrogen) atoms. The van der Waals surface area contributed by atoms with Crippen LogP contribution >= 0.6 is 0 Å². The number of aromatic nitrogens is 1. The van der Waals surface area contributed by atoms with Gasteiger partial charge in [-0.25, -0.2) is 0 Å². The van der Waals surface area contributed by atoms with Crippen LogP contribution in [0.3, 0.4) is 0 Å². The number of rotatable bonds is 4. The van der Waals surface area contributed by atoms with Crippen molar-refractivity contribution in [2.24, 2.45) is 0 Å². The highest BCUT2D eigenvalue weighted by molar-refractivity contribution is 5.97. The second-order valence-electron chi connectivity index (χ2n) is 4.73. The van der Waals surface area contributed by atoms with E-state index in [1.54, 1.807) is 18.2 Å². The number of aryl methyl sites for hydroxylation is 2. The van der Waals surface area contributed by atoms with E-state index in [4.69, 9.17) is 10.00 Å². The molecule has 0 spiro atoms. The molecule has 1 aromatic carbocycles. The van der Waals surface area contributed by atoms with E-state index >= 15 is 0 Å². The number of carbonyl (C=O) groups is 1. The summed E-state index contributed by atoms with van der Waals surface area (Å²) in [4.78, 5) is 16.1. The van der Waals surface area contributed by atoms with Crippen LogP contribution in [0.25, 0.3) is 0 Å². The summed E-state index contributed by atoms with van der Waals surface area (Å²) < 4.78 is 5.86. The number of benzene rings is 1. The molecule has 0 aliphatic heterocycles. The van der Waals surface area contributed by atoms with Gasteiger partial charge < -0.3 is 4.74 Å². The molecule has 0 unspecified atom stereocenters. The predicted molar refractivity (Wildman–Crippen MR) is 79.6 cm³/mol. The van der Waals surface area contributed by atoms with Crippen molar-refractivity contribution in [2.45, 2.75) is 27.2 Å². The van der Waals surface area contributed by atoms with Gasteiger partial charge >= 0.3 is 0 Å². The Morgan fingerprint density at radius 2 is 2.05 bits per heavy atom. The summed E-state index contributed by atoms with van der Waals surface area (Å²) in [5.41, 5.74) is 2.65. The van der Waals surface area contributed by atoms with Gasteiger partial charge in [-0.15, -0.1) is 0 Å². The number of nitriles is 1. The van der Waals surface area contributed by atoms with Crippen LogP contribution in [0.1, 0.15) is 41.2 Å². The zero-order valence-electron chi connectivity index (χ0n) is 12.3. The van der Waals surface area contributed by atoms with Crippen molar-refractivity contribution in [1.29, 1.82) is 5.26 Å². The van der Waals surface area contributed by atoms with E-state index in [0.717, 1.165) is 17.8 Å². The van der Waals surface area contributed by atoms with Crippen molar-refractivity contribution < 1.29 is 9.53 Å². The standard InChI is InChI=1S/C17H16N2O2/c1-4-15-16(8-5-11(2)19-15)21-17-9-13(10-18)6-7-14(17)12(3)20/h5-9H,4H2,1-3H3. The van der Waals surface area contributed by atoms with Gasteiger partial charge in [0.15, 0.2) is 5.78 Å². The summed E-state index contributed by atoms with van der Waals surface area (Å²) in [7, 11) is 0. The van der Waals surface area contributed by atoms with E-state index in [-0.39, 0.29) is 5.78 Å². The van der Waals surface area contributed by atoms with Crippen molar-refractivity contribution >= 4 is 5.78 Å². The first-order valence-corrected chi connectivity index (χ1v) is 6.74. The molecule has 0 amide bonds. The largest absolute Gasteiger partial charge is 0.455 e. The molecule has 1 heterocycles. The monoisotopic (exact) mass is 280 g/mol. The van der Waals surface area contributed by atoms with Crippen molar-refractivity contribution in [1.82, 2.24) is 4.98 Å². The Bertz CT molecular complexity index is 730. The number of ketones is 1. The van der Waals surface area contributed by atoms with Crippen molar-refractivity contribution in [3.05, 3.63) is 52.8 Å². The molecule has 106 valence electrons. The Morgan fingerprint density at radius 3 is 2.67 bits per heavy atom. The molecule has 0 bridgehead atoms. The Kier molecular flexibility index (Phi) is 4.34. The molecule has 0 aliphatic carbocycles. The van der Waals surface area contributed by atoms with E-state index in [2.05, 4.69) is 11.1 Å². The van der Waals surface area contributed by atoms with Crippen molar-refractivity contribution in [3.63, 3.8) is 0 Å². The van der Waals surface area contributed by atoms with Gasteiger partial charge in [-0.2, -0.15) is 5.26 Å². The first kappa shape index (κ1) is 14.7. The molecular weight excluding hydrogens is 264 g/mol. The second-order valence-corrected chi connectivity index (χ2v) is 4.73. The minimum Gasteiger partial charge on any atom is -0.455 e. The van der Waals surface area contributed by atoms with E-state index in [1.165, 1.54) is 6.92 Å². The van der Waals surface area contributed by atoms with Crippen LogP contribution in [0, 0.1) is 18.3 Å². The lowest BCUT2D eigenvalue weighted by Gasteiger charge is -2.12. The van der Waals surface area contributed by atoms with Crippen molar-refractivity contribution in [2.75, 3.05) is 0 Å². The molecule has 0 radical (unpaired) electrons. The molecular formula is C17H16N2O2. The van der Waals surface area contributed by atoms with Gasteiger partial charge in [-0.05, 0) is 50.6 Å². The first-order valence-electron chi connectivity index (χ1n) is 6.74. The lowest BCUT2D eigenvalue weighted by Crippen LogP contribution is -2.01. The summed E-state index contributed by atoms with van der Waals surface area (Å²) in [5.74, 6) is 0.898. The number of pyridine rings is 1. The highest BCUT2D eigenvalue weighted by Crippen LogP contribution is 2.29. The van der Waals surface area contributed by atoms with Crippen LogP contribution in [0.15, 0.2) is 30.3 Å². The first-order chi connectivity index (χ1) is 10.0. The Morgan fingerprint density at radius 1 is 1.29 bits per heavy atom. The van der Waals surface area contributed by atoms with Gasteiger partial charge in [-0.3, -0.25) is 9.78 Å². The normalized spacial score (nSPS) is 10.0. The van der Waals surface area contributed by atoms with Crippen LogP contribution in [0.4, 0.5) is 0 Å². The fourth-order valence-electron chi connectivity index (χ4n) is 2.03. The molecule has 4 heteroatoms. The summed E-state index contributed by atoms with van der Waals surface area (Å²) in [6, 6.07) is 10.5. The Hall–Kier alpha value is -2.67. The molecule has 1 aromatic heterocycles. The Balaban J connectivity index is 2.48. The summed E-state index contributed by atoms with van der Waals surface area (Å²) >= 11 is 0. The molecule has 2 aromatic rings. The topological polar surface area (TPSA) is 63.0 Å². The minimum absolute atomic E-state index is 0.104. The maximum Gasteiger partial charge on any atom is 0.163 e. The van der Waals surface area contributed by atoms with Gasteiger partial charge in [0.25, 0.3) is 0 Å². The summed E-state index contributed by atoms with van der Waals surface area (Å²) in [6.07, 6.45) is 0.727. The van der Waals surface area contributed by atoms with Crippen LogP contribution < -0.4 is 4.74 Å². The minimum atomic E-state index is -0.104. The molecule has 0 atom stereocenters. The number of hydrogen-bond donors (Lipinski definition) is 0. The van der Waals surface area contributed by atoms with Gasteiger partial charge in [0, 0.05) is 5.69 Å². The van der Waals surface area contributed by atoms with Crippen LogP contribution in [-0.2, 0) is 6.42 Å². The quantitative estimate of drug-likeness (QED) is 0.799. The lowest BCUT2D eigenvalue weighted by molar-refractivity contribution is 0.101. The number of Topliss-reactive ketones (excluding diaryl/α,β-unsaturated/α-hetero) is 1. The fourth-order valence-corrected chi connectivity index (χ4v) is 2.03. The predicted octanol–water partition coefficient (Wildman–Crippen LogP) is 3.82. The maximum absolute atomic E-state index is 11.7. The maximum atomic E-state index is 11.7. The SMILES string of the molecule is CCc1nc(C)ccc1Oc1cc(C#N)ccc1C(C)=O. The van der Waals surface area contributed by atoms with Crippen LogP contribution in [0.5, 0.6) is 11.5 Å². The fraction of sp³-hybridized carbons (Fsp3) is 0.235. The molecule has 4 nitrogen and oxygen atoms in total. The second kappa shape index (κ2) is 6.19. The average molecular weight is 280 g/mol. The number of ether oxygens (including phenoxy) is 1. The van der Waals surface area contributed by atoms with E-state index < -0.39 is 0 Å². The highest BCUT2D eigenvalue weighted by atomic mass is 16.5. The Labute approximate surface area is 124 Å². The third-order valence-electron chi connectivity index (χ3n) is 3.12. The van der Waals surface area contributed by atoms with Crippen LogP contribution in [0.2, 0.25) is 0 Å². The molecule has 0 fully saturated rings. The number of hydrogen-bond acceptors (Lipinski definition) is 4. The van der Waals surface area contributed by atoms with Gasteiger partial charge in [0.2, 0.25) is 0 Å². The summed E-state index contributed by atoms with van der Waals surface area (Å²) in [5, 5.41) is 8.99. The van der Waals surface area contributed by atoms with E-state index in [9.17, 15) is 4.79 Å². The van der Waals surface area contributed by atoms with Crippen molar-refractivity contribution in [3.8, 4) is 17.6 Å². The third-order valence-corrected chi connectivity index (χ3v) is 3.12. The van der Waals surface area contributed by atoms with E-state index in [0.29, 0.717) is 22.6 Å². The molecule has 0 N–H and O–H groups in total. The summed E-state index contributed by atoms with van der Waals surface area (Å²) in [6.45, 7) is 5.38. The van der Waals surface area contributed by atoms with Gasteiger partial charge in [0.1, 0.15) is 11.5 Å². The highest BCUT2D eigenvalue weighted by Gasteiger charge is 2.13.